The molecule has 0 aromatic heterocycles. The van der Waals surface area contributed by atoms with Crippen LogP contribution in [0.25, 0.3) is 0 Å². The number of amides is 2. The molecule has 0 saturated carbocycles. The summed E-state index contributed by atoms with van der Waals surface area (Å²) in [6.07, 6.45) is 9.85. The number of hydrogen-bond donors (Lipinski definition) is 1. The van der Waals surface area contributed by atoms with Gasteiger partial charge in [0.1, 0.15) is 0 Å². The zero-order valence-corrected chi connectivity index (χ0v) is 12.4. The van der Waals surface area contributed by atoms with Crippen molar-refractivity contribution in [3.63, 3.8) is 0 Å². The van der Waals surface area contributed by atoms with E-state index in [1.165, 1.54) is 32.1 Å². The van der Waals surface area contributed by atoms with E-state index in [2.05, 4.69) is 26.1 Å². The van der Waals surface area contributed by atoms with Crippen molar-refractivity contribution in [2.75, 3.05) is 13.1 Å². The lowest BCUT2D eigenvalue weighted by Crippen LogP contribution is -2.49. The van der Waals surface area contributed by atoms with Gasteiger partial charge in [-0.25, -0.2) is 4.79 Å². The Morgan fingerprint density at radius 2 is 1.72 bits per heavy atom. The molecule has 0 unspecified atom stereocenters. The molecule has 1 aliphatic rings. The van der Waals surface area contributed by atoms with Gasteiger partial charge in [-0.05, 0) is 33.1 Å². The maximum Gasteiger partial charge on any atom is 0.317 e. The van der Waals surface area contributed by atoms with E-state index < -0.39 is 0 Å². The minimum Gasteiger partial charge on any atom is -0.333 e. The normalized spacial score (nSPS) is 16.1. The number of urea groups is 1. The van der Waals surface area contributed by atoms with Gasteiger partial charge >= 0.3 is 6.03 Å². The van der Waals surface area contributed by atoms with E-state index in [1.807, 2.05) is 4.90 Å². The van der Waals surface area contributed by atoms with Crippen LogP contribution in [0.15, 0.2) is 0 Å². The van der Waals surface area contributed by atoms with E-state index in [9.17, 15) is 4.79 Å². The van der Waals surface area contributed by atoms with Crippen LogP contribution in [0.4, 0.5) is 4.79 Å². The van der Waals surface area contributed by atoms with E-state index in [4.69, 9.17) is 0 Å². The first-order chi connectivity index (χ1) is 8.55. The first-order valence-corrected chi connectivity index (χ1v) is 7.62. The molecule has 1 N–H and O–H groups in total. The third-order valence-electron chi connectivity index (χ3n) is 3.74. The molecule has 0 aromatic rings. The highest BCUT2D eigenvalue weighted by atomic mass is 16.2. The average Bonchev–Trinajstić information content (AvgIpc) is 2.81. The summed E-state index contributed by atoms with van der Waals surface area (Å²) in [5, 5.41) is 3.18. The molecule has 3 nitrogen and oxygen atoms in total. The van der Waals surface area contributed by atoms with Crippen molar-refractivity contribution >= 4 is 6.03 Å². The zero-order chi connectivity index (χ0) is 13.4. The van der Waals surface area contributed by atoms with Gasteiger partial charge < -0.3 is 10.2 Å². The number of nitrogens with one attached hydrogen (secondary N) is 1. The highest BCUT2D eigenvalue weighted by Gasteiger charge is 2.24. The highest BCUT2D eigenvalue weighted by Crippen LogP contribution is 2.16. The average molecular weight is 254 g/mol. The summed E-state index contributed by atoms with van der Waals surface area (Å²) < 4.78 is 0. The summed E-state index contributed by atoms with van der Waals surface area (Å²) >= 11 is 0. The van der Waals surface area contributed by atoms with E-state index >= 15 is 0 Å². The number of unbranched alkanes of at least 4 members (excludes halogenated alkanes) is 4. The number of hydrogen-bond acceptors (Lipinski definition) is 1. The standard InChI is InChI=1S/C15H30N2O/c1-4-5-6-7-8-11-15(2,3)16-14(18)17-12-9-10-13-17/h4-13H2,1-3H3,(H,16,18). The van der Waals surface area contributed by atoms with Crippen molar-refractivity contribution < 1.29 is 4.79 Å². The maximum absolute atomic E-state index is 12.0. The lowest BCUT2D eigenvalue weighted by Gasteiger charge is -2.29. The smallest absolute Gasteiger partial charge is 0.317 e. The number of carbonyl (C=O) groups is 1. The molecule has 0 radical (unpaired) electrons. The van der Waals surface area contributed by atoms with Gasteiger partial charge in [-0.15, -0.1) is 0 Å². The van der Waals surface area contributed by atoms with Crippen LogP contribution in [0, 0.1) is 0 Å². The highest BCUT2D eigenvalue weighted by molar-refractivity contribution is 5.75. The molecule has 0 aromatic carbocycles. The maximum atomic E-state index is 12.0. The van der Waals surface area contributed by atoms with E-state index in [-0.39, 0.29) is 11.6 Å². The summed E-state index contributed by atoms with van der Waals surface area (Å²) in [5.41, 5.74) is -0.0636. The van der Waals surface area contributed by atoms with Gasteiger partial charge in [0.05, 0.1) is 0 Å². The summed E-state index contributed by atoms with van der Waals surface area (Å²) in [6.45, 7) is 8.37. The monoisotopic (exact) mass is 254 g/mol. The zero-order valence-electron chi connectivity index (χ0n) is 12.4. The molecule has 1 rings (SSSR count). The fourth-order valence-corrected chi connectivity index (χ4v) is 2.52. The Morgan fingerprint density at radius 3 is 2.33 bits per heavy atom. The Balaban J connectivity index is 2.19. The van der Waals surface area contributed by atoms with Crippen molar-refractivity contribution in [3.05, 3.63) is 0 Å². The molecule has 3 heteroatoms. The predicted octanol–water partition coefficient (Wildman–Crippen LogP) is 3.93. The van der Waals surface area contributed by atoms with Gasteiger partial charge in [-0.3, -0.25) is 0 Å². The van der Waals surface area contributed by atoms with Crippen LogP contribution >= 0.6 is 0 Å². The minimum absolute atomic E-state index is 0.0636. The van der Waals surface area contributed by atoms with Crippen LogP contribution in [0.5, 0.6) is 0 Å². The summed E-state index contributed by atoms with van der Waals surface area (Å²) in [7, 11) is 0. The van der Waals surface area contributed by atoms with Crippen LogP contribution in [0.1, 0.15) is 72.1 Å². The third kappa shape index (κ3) is 5.74. The van der Waals surface area contributed by atoms with Crippen molar-refractivity contribution in [2.24, 2.45) is 0 Å². The van der Waals surface area contributed by atoms with E-state index in [0.29, 0.717) is 0 Å². The number of carbonyl (C=O) groups excluding carboxylic acids is 1. The molecular formula is C15H30N2O. The van der Waals surface area contributed by atoms with Crippen molar-refractivity contribution in [1.82, 2.24) is 10.2 Å². The van der Waals surface area contributed by atoms with Gasteiger partial charge in [0.25, 0.3) is 0 Å². The van der Waals surface area contributed by atoms with Gasteiger partial charge in [-0.1, -0.05) is 39.0 Å². The second-order valence-electron chi connectivity index (χ2n) is 6.17. The predicted molar refractivity (Wildman–Crippen MR) is 76.8 cm³/mol. The van der Waals surface area contributed by atoms with Crippen molar-refractivity contribution in [2.45, 2.75) is 77.7 Å². The van der Waals surface area contributed by atoms with Crippen LogP contribution in [0.2, 0.25) is 0 Å². The summed E-state index contributed by atoms with van der Waals surface area (Å²) in [5.74, 6) is 0. The number of rotatable bonds is 7. The van der Waals surface area contributed by atoms with Crippen LogP contribution in [0.3, 0.4) is 0 Å². The largest absolute Gasteiger partial charge is 0.333 e. The molecule has 0 spiro atoms. The molecule has 1 saturated heterocycles. The molecule has 106 valence electrons. The van der Waals surface area contributed by atoms with Gasteiger partial charge in [0.2, 0.25) is 0 Å². The molecule has 18 heavy (non-hydrogen) atoms. The topological polar surface area (TPSA) is 32.3 Å². The van der Waals surface area contributed by atoms with Crippen LogP contribution < -0.4 is 5.32 Å². The first-order valence-electron chi connectivity index (χ1n) is 7.62. The Bertz CT molecular complexity index is 245. The second kappa shape index (κ2) is 7.65. The molecule has 2 amide bonds. The Hall–Kier alpha value is -0.730. The molecular weight excluding hydrogens is 224 g/mol. The minimum atomic E-state index is -0.0636. The van der Waals surface area contributed by atoms with E-state index in [0.717, 1.165) is 32.4 Å². The molecule has 1 aliphatic heterocycles. The van der Waals surface area contributed by atoms with Gasteiger partial charge in [-0.2, -0.15) is 0 Å². The van der Waals surface area contributed by atoms with Gasteiger partial charge in [0, 0.05) is 18.6 Å². The van der Waals surface area contributed by atoms with Gasteiger partial charge in [0.15, 0.2) is 0 Å². The Kier molecular flexibility index (Phi) is 6.51. The van der Waals surface area contributed by atoms with Crippen molar-refractivity contribution in [1.29, 1.82) is 0 Å². The first kappa shape index (κ1) is 15.3. The van der Waals surface area contributed by atoms with Crippen LogP contribution in [-0.4, -0.2) is 29.6 Å². The van der Waals surface area contributed by atoms with Crippen LogP contribution in [-0.2, 0) is 0 Å². The Labute approximate surface area is 112 Å². The Morgan fingerprint density at radius 1 is 1.11 bits per heavy atom. The summed E-state index contributed by atoms with van der Waals surface area (Å²) in [4.78, 5) is 14.0. The SMILES string of the molecule is CCCCCCCC(C)(C)NC(=O)N1CCCC1. The molecule has 0 atom stereocenters. The molecule has 1 heterocycles. The molecule has 0 bridgehead atoms. The molecule has 1 fully saturated rings. The quantitative estimate of drug-likeness (QED) is 0.686. The fraction of sp³-hybridized carbons (Fsp3) is 0.933. The summed E-state index contributed by atoms with van der Waals surface area (Å²) in [6, 6.07) is 0.131. The number of nitrogens with zero attached hydrogens (tertiary/aromatic N) is 1. The second-order valence-corrected chi connectivity index (χ2v) is 6.17. The lowest BCUT2D eigenvalue weighted by atomic mass is 9.96. The van der Waals surface area contributed by atoms with E-state index in [1.54, 1.807) is 0 Å². The fourth-order valence-electron chi connectivity index (χ4n) is 2.52. The number of likely N-dealkylation sites (tertiary alicyclic amines) is 1. The molecule has 0 aliphatic carbocycles. The third-order valence-corrected chi connectivity index (χ3v) is 3.74. The van der Waals surface area contributed by atoms with Crippen molar-refractivity contribution in [3.8, 4) is 0 Å². The lowest BCUT2D eigenvalue weighted by molar-refractivity contribution is 0.195.